The van der Waals surface area contributed by atoms with Gasteiger partial charge in [0, 0.05) is 26.7 Å². The van der Waals surface area contributed by atoms with Crippen LogP contribution in [-0.4, -0.2) is 43.7 Å². The molecular formula is C18H20Cl2N2O3S2. The number of amides is 1. The minimum atomic E-state index is -3.53. The standard InChI is InChI=1S/C18H20Cl2N2O3S2/c1-21(11-13-6-7-15(19)16(20)10-13)18(23)14-4-2-8-22(12-14)27(24,25)17-5-3-9-26-17/h3,5-7,9-10,14H,2,4,8,11-12H2,1H3. The Balaban J connectivity index is 1.68. The number of carbonyl (C=O) groups is 1. The minimum absolute atomic E-state index is 0.0628. The smallest absolute Gasteiger partial charge is 0.252 e. The van der Waals surface area contributed by atoms with Crippen molar-refractivity contribution < 1.29 is 13.2 Å². The average molecular weight is 447 g/mol. The fraction of sp³-hybridized carbons (Fsp3) is 0.389. The summed E-state index contributed by atoms with van der Waals surface area (Å²) in [6.45, 7) is 1.05. The van der Waals surface area contributed by atoms with E-state index in [2.05, 4.69) is 0 Å². The first-order valence-electron chi connectivity index (χ1n) is 8.51. The first-order chi connectivity index (χ1) is 12.8. The highest BCUT2D eigenvalue weighted by atomic mass is 35.5. The highest BCUT2D eigenvalue weighted by Crippen LogP contribution is 2.28. The van der Waals surface area contributed by atoms with Crippen LogP contribution in [0.25, 0.3) is 0 Å². The van der Waals surface area contributed by atoms with Crippen molar-refractivity contribution in [3.8, 4) is 0 Å². The molecule has 1 amide bonds. The maximum atomic E-state index is 12.9. The molecule has 0 spiro atoms. The van der Waals surface area contributed by atoms with E-state index in [0.29, 0.717) is 40.2 Å². The van der Waals surface area contributed by atoms with Crippen LogP contribution in [0.5, 0.6) is 0 Å². The van der Waals surface area contributed by atoms with Gasteiger partial charge in [0.2, 0.25) is 5.91 Å². The zero-order valence-corrected chi connectivity index (χ0v) is 17.9. The Bertz CT molecular complexity index is 917. The lowest BCUT2D eigenvalue weighted by atomic mass is 9.98. The fourth-order valence-electron chi connectivity index (χ4n) is 3.20. The number of thiophene rings is 1. The fourth-order valence-corrected chi connectivity index (χ4v) is 6.19. The summed E-state index contributed by atoms with van der Waals surface area (Å²) in [5, 5.41) is 2.65. The van der Waals surface area contributed by atoms with Gasteiger partial charge in [-0.2, -0.15) is 4.31 Å². The van der Waals surface area contributed by atoms with Crippen molar-refractivity contribution in [2.75, 3.05) is 20.1 Å². The van der Waals surface area contributed by atoms with Crippen molar-refractivity contribution in [2.24, 2.45) is 5.92 Å². The van der Waals surface area contributed by atoms with Gasteiger partial charge in [-0.05, 0) is 42.0 Å². The first kappa shape index (κ1) is 20.6. The maximum Gasteiger partial charge on any atom is 0.252 e. The lowest BCUT2D eigenvalue weighted by molar-refractivity contribution is -0.135. The quantitative estimate of drug-likeness (QED) is 0.693. The molecule has 0 radical (unpaired) electrons. The second kappa shape index (κ2) is 8.49. The molecule has 1 aliphatic rings. The van der Waals surface area contributed by atoms with Crippen LogP contribution < -0.4 is 0 Å². The number of piperidine rings is 1. The number of sulfonamides is 1. The van der Waals surface area contributed by atoms with Gasteiger partial charge in [-0.1, -0.05) is 35.3 Å². The van der Waals surface area contributed by atoms with Crippen molar-refractivity contribution in [1.82, 2.24) is 9.21 Å². The highest BCUT2D eigenvalue weighted by Gasteiger charge is 2.34. The monoisotopic (exact) mass is 446 g/mol. The van der Waals surface area contributed by atoms with Crippen molar-refractivity contribution in [3.05, 3.63) is 51.3 Å². The van der Waals surface area contributed by atoms with E-state index in [1.807, 2.05) is 6.07 Å². The van der Waals surface area contributed by atoms with Gasteiger partial charge in [-0.3, -0.25) is 4.79 Å². The predicted octanol–water partition coefficient (Wildman–Crippen LogP) is 4.11. The highest BCUT2D eigenvalue weighted by molar-refractivity contribution is 7.91. The summed E-state index contributed by atoms with van der Waals surface area (Å²) in [6.07, 6.45) is 1.35. The van der Waals surface area contributed by atoms with Gasteiger partial charge in [-0.15, -0.1) is 11.3 Å². The molecule has 0 bridgehead atoms. The molecule has 1 atom stereocenters. The number of halogens is 2. The van der Waals surface area contributed by atoms with Crippen LogP contribution in [0.4, 0.5) is 0 Å². The van der Waals surface area contributed by atoms with Gasteiger partial charge < -0.3 is 4.90 Å². The summed E-state index contributed by atoms with van der Waals surface area (Å²) >= 11 is 13.2. The van der Waals surface area contributed by atoms with Gasteiger partial charge >= 0.3 is 0 Å². The lowest BCUT2D eigenvalue weighted by Gasteiger charge is -2.33. The van der Waals surface area contributed by atoms with Crippen LogP contribution in [0.1, 0.15) is 18.4 Å². The Morgan fingerprint density at radius 3 is 2.74 bits per heavy atom. The molecule has 1 aromatic carbocycles. The van der Waals surface area contributed by atoms with E-state index in [4.69, 9.17) is 23.2 Å². The van der Waals surface area contributed by atoms with E-state index in [9.17, 15) is 13.2 Å². The summed E-state index contributed by atoms with van der Waals surface area (Å²) in [6, 6.07) is 8.58. The molecule has 1 fully saturated rings. The second-order valence-corrected chi connectivity index (χ2v) is 10.5. The van der Waals surface area contributed by atoms with Gasteiger partial charge in [0.25, 0.3) is 10.0 Å². The van der Waals surface area contributed by atoms with Crippen molar-refractivity contribution in [3.63, 3.8) is 0 Å². The van der Waals surface area contributed by atoms with Gasteiger partial charge in [0.05, 0.1) is 16.0 Å². The van der Waals surface area contributed by atoms with Crippen LogP contribution >= 0.6 is 34.5 Å². The van der Waals surface area contributed by atoms with Crippen LogP contribution in [0.2, 0.25) is 10.0 Å². The molecule has 2 heterocycles. The largest absolute Gasteiger partial charge is 0.341 e. The SMILES string of the molecule is CN(Cc1ccc(Cl)c(Cl)c1)C(=O)C1CCCN(S(=O)(=O)c2cccs2)C1. The third-order valence-electron chi connectivity index (χ3n) is 4.60. The lowest BCUT2D eigenvalue weighted by Crippen LogP contribution is -2.45. The number of rotatable bonds is 5. The predicted molar refractivity (Wildman–Crippen MR) is 109 cm³/mol. The molecule has 27 heavy (non-hydrogen) atoms. The minimum Gasteiger partial charge on any atom is -0.341 e. The summed E-state index contributed by atoms with van der Waals surface area (Å²) < 4.78 is 27.2. The Kier molecular flexibility index (Phi) is 6.48. The van der Waals surface area contributed by atoms with E-state index in [-0.39, 0.29) is 18.4 Å². The van der Waals surface area contributed by atoms with E-state index < -0.39 is 10.0 Å². The van der Waals surface area contributed by atoms with E-state index in [1.165, 1.54) is 15.6 Å². The normalized spacial score (nSPS) is 18.4. The van der Waals surface area contributed by atoms with E-state index in [0.717, 1.165) is 5.56 Å². The van der Waals surface area contributed by atoms with Gasteiger partial charge in [0.15, 0.2) is 0 Å². The molecule has 1 aromatic heterocycles. The molecular weight excluding hydrogens is 427 g/mol. The van der Waals surface area contributed by atoms with Crippen LogP contribution in [-0.2, 0) is 21.4 Å². The Hall–Kier alpha value is -1.12. The van der Waals surface area contributed by atoms with Crippen molar-refractivity contribution in [1.29, 1.82) is 0 Å². The zero-order chi connectivity index (χ0) is 19.6. The summed E-state index contributed by atoms with van der Waals surface area (Å²) in [7, 11) is -1.81. The molecule has 1 aliphatic heterocycles. The van der Waals surface area contributed by atoms with Crippen molar-refractivity contribution >= 4 is 50.5 Å². The number of hydrogen-bond acceptors (Lipinski definition) is 4. The molecule has 1 unspecified atom stereocenters. The molecule has 3 rings (SSSR count). The molecule has 9 heteroatoms. The van der Waals surface area contributed by atoms with Crippen LogP contribution in [0.15, 0.2) is 39.9 Å². The molecule has 0 N–H and O–H groups in total. The summed E-state index contributed by atoms with van der Waals surface area (Å²) in [4.78, 5) is 14.5. The van der Waals surface area contributed by atoms with Crippen LogP contribution in [0, 0.1) is 5.92 Å². The van der Waals surface area contributed by atoms with Gasteiger partial charge in [-0.25, -0.2) is 8.42 Å². The number of carbonyl (C=O) groups excluding carboxylic acids is 1. The number of nitrogens with zero attached hydrogens (tertiary/aromatic N) is 2. The van der Waals surface area contributed by atoms with Crippen LogP contribution in [0.3, 0.4) is 0 Å². The Morgan fingerprint density at radius 2 is 2.07 bits per heavy atom. The summed E-state index contributed by atoms with van der Waals surface area (Å²) in [5.41, 5.74) is 0.874. The van der Waals surface area contributed by atoms with Crippen molar-refractivity contribution in [2.45, 2.75) is 23.6 Å². The molecule has 146 valence electrons. The maximum absolute atomic E-state index is 12.9. The third kappa shape index (κ3) is 4.66. The molecule has 5 nitrogen and oxygen atoms in total. The van der Waals surface area contributed by atoms with E-state index in [1.54, 1.807) is 41.6 Å². The molecule has 0 aliphatic carbocycles. The molecule has 1 saturated heterocycles. The average Bonchev–Trinajstić information content (AvgIpc) is 3.20. The number of benzene rings is 1. The summed E-state index contributed by atoms with van der Waals surface area (Å²) in [5.74, 6) is -0.409. The van der Waals surface area contributed by atoms with E-state index >= 15 is 0 Å². The molecule has 0 saturated carbocycles. The Labute approximate surface area is 173 Å². The second-order valence-electron chi connectivity index (χ2n) is 6.58. The van der Waals surface area contributed by atoms with Gasteiger partial charge in [0.1, 0.15) is 4.21 Å². The topological polar surface area (TPSA) is 57.7 Å². The Morgan fingerprint density at radius 1 is 1.30 bits per heavy atom. The third-order valence-corrected chi connectivity index (χ3v) is 8.58. The number of hydrogen-bond donors (Lipinski definition) is 0. The zero-order valence-electron chi connectivity index (χ0n) is 14.8. The first-order valence-corrected chi connectivity index (χ1v) is 11.6. The molecule has 2 aromatic rings.